The van der Waals surface area contributed by atoms with Gasteiger partial charge >= 0.3 is 0 Å². The molecular formula is C17H19N5OS. The predicted molar refractivity (Wildman–Crippen MR) is 95.4 cm³/mol. The molecule has 0 aliphatic carbocycles. The summed E-state index contributed by atoms with van der Waals surface area (Å²) in [5.41, 5.74) is 3.88. The number of aryl methyl sites for hydroxylation is 3. The van der Waals surface area contributed by atoms with Crippen LogP contribution in [0.5, 0.6) is 0 Å². The molecule has 0 unspecified atom stereocenters. The van der Waals surface area contributed by atoms with Gasteiger partial charge in [-0.15, -0.1) is 5.10 Å². The zero-order chi connectivity index (χ0) is 17.1. The fraction of sp³-hybridized carbons (Fsp3) is 0.294. The van der Waals surface area contributed by atoms with E-state index < -0.39 is 0 Å². The van der Waals surface area contributed by atoms with Crippen molar-refractivity contribution in [2.24, 2.45) is 0 Å². The van der Waals surface area contributed by atoms with E-state index in [0.29, 0.717) is 10.9 Å². The minimum absolute atomic E-state index is 0.0760. The number of anilines is 1. The van der Waals surface area contributed by atoms with E-state index >= 15 is 0 Å². The zero-order valence-corrected chi connectivity index (χ0v) is 14.7. The third-order valence-electron chi connectivity index (χ3n) is 3.55. The normalized spacial score (nSPS) is 11.0. The van der Waals surface area contributed by atoms with Crippen LogP contribution < -0.4 is 5.32 Å². The summed E-state index contributed by atoms with van der Waals surface area (Å²) < 4.78 is 1.69. The summed E-state index contributed by atoms with van der Waals surface area (Å²) >= 11 is 1.30. The lowest BCUT2D eigenvalue weighted by Gasteiger charge is -2.05. The summed E-state index contributed by atoms with van der Waals surface area (Å²) in [6.45, 7) is 5.97. The number of thioether (sulfide) groups is 1. The van der Waals surface area contributed by atoms with Crippen molar-refractivity contribution in [1.82, 2.24) is 19.6 Å². The summed E-state index contributed by atoms with van der Waals surface area (Å²) in [5.74, 6) is 0.740. The van der Waals surface area contributed by atoms with Crippen LogP contribution in [0.3, 0.4) is 0 Å². The Bertz CT molecular complexity index is 890. The van der Waals surface area contributed by atoms with Gasteiger partial charge in [-0.1, -0.05) is 30.8 Å². The van der Waals surface area contributed by atoms with E-state index in [-0.39, 0.29) is 11.7 Å². The fourth-order valence-corrected chi connectivity index (χ4v) is 3.02. The lowest BCUT2D eigenvalue weighted by atomic mass is 10.1. The number of nitrogens with one attached hydrogen (secondary N) is 1. The molecule has 1 aromatic carbocycles. The van der Waals surface area contributed by atoms with Gasteiger partial charge in [-0.2, -0.15) is 4.98 Å². The largest absolute Gasteiger partial charge is 0.325 e. The smallest absolute Gasteiger partial charge is 0.253 e. The highest BCUT2D eigenvalue weighted by Gasteiger charge is 2.10. The number of hydrogen-bond acceptors (Lipinski definition) is 5. The van der Waals surface area contributed by atoms with Crippen LogP contribution in [0.25, 0.3) is 5.78 Å². The molecule has 1 amide bonds. The van der Waals surface area contributed by atoms with E-state index in [9.17, 15) is 4.79 Å². The number of aromatic nitrogens is 4. The predicted octanol–water partition coefficient (Wildman–Crippen LogP) is 3.03. The van der Waals surface area contributed by atoms with E-state index in [1.807, 2.05) is 44.2 Å². The molecule has 0 spiro atoms. The van der Waals surface area contributed by atoms with Crippen LogP contribution in [0.15, 0.2) is 35.5 Å². The summed E-state index contributed by atoms with van der Waals surface area (Å²) in [5, 5.41) is 7.84. The molecule has 3 rings (SSSR count). The number of fused-ring (bicyclic) bond motifs is 1. The lowest BCUT2D eigenvalue weighted by molar-refractivity contribution is -0.113. The van der Waals surface area contributed by atoms with Gasteiger partial charge in [0, 0.05) is 17.1 Å². The molecule has 24 heavy (non-hydrogen) atoms. The first-order valence-electron chi connectivity index (χ1n) is 7.78. The van der Waals surface area contributed by atoms with Crippen LogP contribution in [0.1, 0.15) is 23.9 Å². The second-order valence-electron chi connectivity index (χ2n) is 5.54. The summed E-state index contributed by atoms with van der Waals surface area (Å²) in [6, 6.07) is 9.82. The zero-order valence-electron chi connectivity index (χ0n) is 13.9. The van der Waals surface area contributed by atoms with E-state index in [0.717, 1.165) is 23.5 Å². The highest BCUT2D eigenvalue weighted by molar-refractivity contribution is 7.99. The second-order valence-corrected chi connectivity index (χ2v) is 6.48. The molecule has 0 aliphatic rings. The van der Waals surface area contributed by atoms with Gasteiger partial charge in [-0.25, -0.2) is 9.50 Å². The average molecular weight is 341 g/mol. The second kappa shape index (κ2) is 7.00. The van der Waals surface area contributed by atoms with Gasteiger partial charge < -0.3 is 5.32 Å². The topological polar surface area (TPSA) is 72.2 Å². The third kappa shape index (κ3) is 3.73. The minimum Gasteiger partial charge on any atom is -0.325 e. The molecule has 6 nitrogen and oxygen atoms in total. The number of carbonyl (C=O) groups is 1. The quantitative estimate of drug-likeness (QED) is 0.722. The Balaban J connectivity index is 1.64. The first-order valence-corrected chi connectivity index (χ1v) is 8.76. The monoisotopic (exact) mass is 341 g/mol. The van der Waals surface area contributed by atoms with Gasteiger partial charge in [0.2, 0.25) is 11.1 Å². The Morgan fingerprint density at radius 2 is 2.08 bits per heavy atom. The number of benzene rings is 1. The van der Waals surface area contributed by atoms with Crippen molar-refractivity contribution in [1.29, 1.82) is 0 Å². The van der Waals surface area contributed by atoms with E-state index in [4.69, 9.17) is 0 Å². The first-order chi connectivity index (χ1) is 11.5. The van der Waals surface area contributed by atoms with Crippen LogP contribution in [0, 0.1) is 13.8 Å². The molecule has 2 heterocycles. The molecule has 2 aromatic heterocycles. The van der Waals surface area contributed by atoms with Gasteiger partial charge in [0.25, 0.3) is 5.78 Å². The van der Waals surface area contributed by atoms with Crippen molar-refractivity contribution in [3.63, 3.8) is 0 Å². The molecule has 0 bridgehead atoms. The molecule has 7 heteroatoms. The Kier molecular flexibility index (Phi) is 4.80. The van der Waals surface area contributed by atoms with Gasteiger partial charge in [0.05, 0.1) is 5.75 Å². The van der Waals surface area contributed by atoms with Crippen LogP contribution >= 0.6 is 11.8 Å². The maximum Gasteiger partial charge on any atom is 0.253 e. The number of rotatable bonds is 5. The molecule has 1 N–H and O–H groups in total. The lowest BCUT2D eigenvalue weighted by Crippen LogP contribution is -2.14. The van der Waals surface area contributed by atoms with E-state index in [2.05, 4.69) is 27.3 Å². The number of nitrogens with zero attached hydrogens (tertiary/aromatic N) is 4. The molecule has 0 fully saturated rings. The molecule has 0 saturated carbocycles. The average Bonchev–Trinajstić information content (AvgIpc) is 2.96. The van der Waals surface area contributed by atoms with Crippen molar-refractivity contribution in [3.8, 4) is 0 Å². The van der Waals surface area contributed by atoms with Crippen molar-refractivity contribution in [2.45, 2.75) is 32.3 Å². The number of amides is 1. The van der Waals surface area contributed by atoms with Gasteiger partial charge in [0.15, 0.2) is 0 Å². The third-order valence-corrected chi connectivity index (χ3v) is 4.39. The number of hydrogen-bond donors (Lipinski definition) is 1. The minimum atomic E-state index is -0.0760. The standard InChI is InChI=1S/C17H19N5OS/c1-4-13-6-5-7-14(9-13)19-15(23)10-24-17-20-16-18-11(2)8-12(3)22(16)21-17/h5-9H,4,10H2,1-3H3,(H,19,23). The van der Waals surface area contributed by atoms with Gasteiger partial charge in [-0.3, -0.25) is 4.79 Å². The Labute approximate surface area is 144 Å². The van der Waals surface area contributed by atoms with E-state index in [1.54, 1.807) is 4.52 Å². The van der Waals surface area contributed by atoms with Crippen LogP contribution in [-0.2, 0) is 11.2 Å². The highest BCUT2D eigenvalue weighted by Crippen LogP contribution is 2.17. The molecule has 0 saturated heterocycles. The summed E-state index contributed by atoms with van der Waals surface area (Å²) in [4.78, 5) is 20.8. The van der Waals surface area contributed by atoms with Crippen molar-refractivity contribution in [3.05, 3.63) is 47.3 Å². The van der Waals surface area contributed by atoms with Crippen molar-refractivity contribution < 1.29 is 4.79 Å². The first kappa shape index (κ1) is 16.4. The molecule has 124 valence electrons. The summed E-state index contributed by atoms with van der Waals surface area (Å²) in [6.07, 6.45) is 0.940. The molecular weight excluding hydrogens is 322 g/mol. The fourth-order valence-electron chi connectivity index (χ4n) is 2.41. The maximum absolute atomic E-state index is 12.1. The Hall–Kier alpha value is -2.41. The molecule has 0 radical (unpaired) electrons. The Morgan fingerprint density at radius 3 is 2.88 bits per heavy atom. The molecule has 3 aromatic rings. The molecule has 0 atom stereocenters. The maximum atomic E-state index is 12.1. The highest BCUT2D eigenvalue weighted by atomic mass is 32.2. The van der Waals surface area contributed by atoms with Crippen LogP contribution in [-0.4, -0.2) is 31.2 Å². The van der Waals surface area contributed by atoms with Crippen molar-refractivity contribution >= 4 is 29.1 Å². The summed E-state index contributed by atoms with van der Waals surface area (Å²) in [7, 11) is 0. The van der Waals surface area contributed by atoms with Crippen LogP contribution in [0.2, 0.25) is 0 Å². The van der Waals surface area contributed by atoms with Crippen LogP contribution in [0.4, 0.5) is 5.69 Å². The SMILES string of the molecule is CCc1cccc(NC(=O)CSc2nc3nc(C)cc(C)n3n2)c1. The molecule has 0 aliphatic heterocycles. The Morgan fingerprint density at radius 1 is 1.25 bits per heavy atom. The van der Waals surface area contributed by atoms with Crippen molar-refractivity contribution in [2.75, 3.05) is 11.1 Å². The number of carbonyl (C=O) groups excluding carboxylic acids is 1. The van der Waals surface area contributed by atoms with E-state index in [1.165, 1.54) is 17.3 Å². The van der Waals surface area contributed by atoms with Gasteiger partial charge in [-0.05, 0) is 44.0 Å². The van der Waals surface area contributed by atoms with Gasteiger partial charge in [0.1, 0.15) is 0 Å².